The molecule has 0 aliphatic rings. The van der Waals surface area contributed by atoms with Crippen LogP contribution in [-0.2, 0) is 0 Å². The molecule has 0 aliphatic heterocycles. The van der Waals surface area contributed by atoms with Gasteiger partial charge in [0.15, 0.2) is 0 Å². The van der Waals surface area contributed by atoms with Gasteiger partial charge in [-0.1, -0.05) is 0 Å². The minimum atomic E-state index is 1.22. The predicted octanol–water partition coefficient (Wildman–Crippen LogP) is 3.17. The van der Waals surface area contributed by atoms with Crippen LogP contribution in [0.5, 0.6) is 0 Å². The van der Waals surface area contributed by atoms with E-state index in [9.17, 15) is 0 Å². The van der Waals surface area contributed by atoms with Crippen LogP contribution in [-0.4, -0.2) is 25.1 Å². The molecule has 0 bridgehead atoms. The Morgan fingerprint density at radius 3 is 2.71 bits per heavy atom. The van der Waals surface area contributed by atoms with Gasteiger partial charge in [0.25, 0.3) is 0 Å². The first-order valence-corrected chi connectivity index (χ1v) is 6.82. The predicted molar refractivity (Wildman–Crippen MR) is 68.4 cm³/mol. The third-order valence-electron chi connectivity index (χ3n) is 2.10. The number of rotatable bonds is 5. The van der Waals surface area contributed by atoms with E-state index in [0.717, 1.165) is 0 Å². The second kappa shape index (κ2) is 6.44. The average molecular weight is 271 g/mol. The number of thioether (sulfide) groups is 1. The molecule has 14 heavy (non-hydrogen) atoms. The zero-order chi connectivity index (χ0) is 10.4. The molecule has 76 valence electrons. The van der Waals surface area contributed by atoms with Gasteiger partial charge in [0.1, 0.15) is 0 Å². The summed E-state index contributed by atoms with van der Waals surface area (Å²) in [6.07, 6.45) is 2.57. The molecule has 1 aromatic rings. The van der Waals surface area contributed by atoms with Crippen LogP contribution in [0.4, 0.5) is 0 Å². The van der Waals surface area contributed by atoms with Crippen LogP contribution in [0.1, 0.15) is 30.9 Å². The van der Waals surface area contributed by atoms with Crippen LogP contribution >= 0.6 is 11.8 Å². The summed E-state index contributed by atoms with van der Waals surface area (Å²) in [6.45, 7) is 4.39. The summed E-state index contributed by atoms with van der Waals surface area (Å²) in [5, 5.41) is 0. The van der Waals surface area contributed by atoms with Crippen molar-refractivity contribution in [1.82, 2.24) is 0 Å². The second-order valence-corrected chi connectivity index (χ2v) is 5.85. The van der Waals surface area contributed by atoms with Gasteiger partial charge in [-0.25, -0.2) is 0 Å². The molecule has 1 rings (SSSR count). The Bertz CT molecular complexity index is 307. The molecule has 2 heteroatoms. The molecule has 0 aromatic heterocycles. The van der Waals surface area contributed by atoms with Crippen molar-refractivity contribution in [3.8, 4) is 0 Å². The van der Waals surface area contributed by atoms with Crippen LogP contribution in [0.2, 0.25) is 0 Å². The molecule has 0 saturated carbocycles. The van der Waals surface area contributed by atoms with Crippen molar-refractivity contribution >= 4 is 31.1 Å². The standard InChI is InChI=1S/C12H16SSe/c1-3-4-9-13-12(14)11-8-6-5-7-10(11)2/h5-8H,3-4,9H2,1-2H3. The molecule has 0 heterocycles. The van der Waals surface area contributed by atoms with Crippen molar-refractivity contribution in [3.05, 3.63) is 35.4 Å². The summed E-state index contributed by atoms with van der Waals surface area (Å²) in [6, 6.07) is 8.52. The van der Waals surface area contributed by atoms with E-state index in [-0.39, 0.29) is 0 Å². The van der Waals surface area contributed by atoms with Crippen molar-refractivity contribution in [2.24, 2.45) is 0 Å². The van der Waals surface area contributed by atoms with E-state index in [0.29, 0.717) is 0 Å². The van der Waals surface area contributed by atoms with Gasteiger partial charge in [0, 0.05) is 0 Å². The van der Waals surface area contributed by atoms with E-state index in [1.54, 1.807) is 0 Å². The molecule has 0 radical (unpaired) electrons. The molecule has 1 aromatic carbocycles. The van der Waals surface area contributed by atoms with Gasteiger partial charge in [-0.15, -0.1) is 0 Å². The zero-order valence-corrected chi connectivity index (χ0v) is 11.3. The summed E-state index contributed by atoms with van der Waals surface area (Å²) < 4.78 is 1.33. The Balaban J connectivity index is 2.56. The van der Waals surface area contributed by atoms with Gasteiger partial charge in [0.2, 0.25) is 0 Å². The molecular weight excluding hydrogens is 255 g/mol. The van der Waals surface area contributed by atoms with Crippen LogP contribution < -0.4 is 0 Å². The summed E-state index contributed by atoms with van der Waals surface area (Å²) in [5.74, 6) is 1.22. The Labute approximate surface area is 98.8 Å². The van der Waals surface area contributed by atoms with E-state index in [1.165, 1.54) is 33.5 Å². The maximum absolute atomic E-state index is 3.17. The quantitative estimate of drug-likeness (QED) is 0.585. The number of aryl methyl sites for hydroxylation is 1. The fourth-order valence-corrected chi connectivity index (χ4v) is 3.20. The van der Waals surface area contributed by atoms with E-state index in [2.05, 4.69) is 53.7 Å². The molecule has 0 amide bonds. The van der Waals surface area contributed by atoms with Crippen molar-refractivity contribution in [2.45, 2.75) is 26.7 Å². The monoisotopic (exact) mass is 272 g/mol. The Morgan fingerprint density at radius 1 is 1.36 bits per heavy atom. The van der Waals surface area contributed by atoms with Crippen LogP contribution in [0.15, 0.2) is 24.3 Å². The van der Waals surface area contributed by atoms with Gasteiger partial charge in [-0.2, -0.15) is 0 Å². The van der Waals surface area contributed by atoms with Crippen LogP contribution in [0.3, 0.4) is 0 Å². The normalized spacial score (nSPS) is 10.1. The molecule has 0 unspecified atom stereocenters. The average Bonchev–Trinajstić information content (AvgIpc) is 2.18. The molecule has 0 nitrogen and oxygen atoms in total. The van der Waals surface area contributed by atoms with E-state index < -0.39 is 0 Å². The van der Waals surface area contributed by atoms with Gasteiger partial charge < -0.3 is 0 Å². The molecule has 0 fully saturated rings. The minimum absolute atomic E-state index is 1.22. The summed E-state index contributed by atoms with van der Waals surface area (Å²) in [5.41, 5.74) is 2.71. The third-order valence-corrected chi connectivity index (χ3v) is 4.27. The first kappa shape index (κ1) is 12.0. The van der Waals surface area contributed by atoms with Crippen molar-refractivity contribution < 1.29 is 0 Å². The topological polar surface area (TPSA) is 0 Å². The SMILES string of the molecule is CCCCSC(=[Se])c1ccccc1C. The van der Waals surface area contributed by atoms with Crippen molar-refractivity contribution in [3.63, 3.8) is 0 Å². The van der Waals surface area contributed by atoms with Crippen molar-refractivity contribution in [1.29, 1.82) is 0 Å². The zero-order valence-electron chi connectivity index (χ0n) is 8.75. The van der Waals surface area contributed by atoms with Crippen LogP contribution in [0.25, 0.3) is 0 Å². The van der Waals surface area contributed by atoms with E-state index in [4.69, 9.17) is 0 Å². The summed E-state index contributed by atoms with van der Waals surface area (Å²) >= 11 is 5.10. The van der Waals surface area contributed by atoms with Gasteiger partial charge >= 0.3 is 98.9 Å². The molecule has 0 aliphatic carbocycles. The fraction of sp³-hybridized carbons (Fsp3) is 0.417. The number of hydrogen-bond donors (Lipinski definition) is 0. The number of benzene rings is 1. The Morgan fingerprint density at radius 2 is 2.07 bits per heavy atom. The summed E-state index contributed by atoms with van der Waals surface area (Å²) in [4.78, 5) is 0. The number of unbranched alkanes of at least 4 members (excludes halogenated alkanes) is 1. The van der Waals surface area contributed by atoms with Gasteiger partial charge in [0.05, 0.1) is 0 Å². The Kier molecular flexibility index (Phi) is 5.54. The van der Waals surface area contributed by atoms with E-state index >= 15 is 0 Å². The first-order chi connectivity index (χ1) is 6.75. The second-order valence-electron chi connectivity index (χ2n) is 3.30. The number of hydrogen-bond acceptors (Lipinski definition) is 1. The van der Waals surface area contributed by atoms with Crippen molar-refractivity contribution in [2.75, 3.05) is 5.75 Å². The maximum atomic E-state index is 3.17. The van der Waals surface area contributed by atoms with Gasteiger partial charge in [-0.3, -0.25) is 0 Å². The molecule has 0 saturated heterocycles. The van der Waals surface area contributed by atoms with Gasteiger partial charge in [-0.05, 0) is 0 Å². The third kappa shape index (κ3) is 3.61. The first-order valence-electron chi connectivity index (χ1n) is 4.98. The molecule has 0 spiro atoms. The molecule has 0 atom stereocenters. The molecule has 0 N–H and O–H groups in total. The van der Waals surface area contributed by atoms with Crippen LogP contribution in [0, 0.1) is 6.92 Å². The van der Waals surface area contributed by atoms with E-state index in [1.807, 2.05) is 11.8 Å². The fourth-order valence-electron chi connectivity index (χ4n) is 1.19. The summed E-state index contributed by atoms with van der Waals surface area (Å²) in [7, 11) is 0. The Hall–Kier alpha value is -0.0405. The molecular formula is C12H16SSe.